The minimum atomic E-state index is -4.57. The highest BCUT2D eigenvalue weighted by molar-refractivity contribution is 6.00. The molecule has 1 aromatic rings. The molecule has 6 heteroatoms. The van der Waals surface area contributed by atoms with Crippen molar-refractivity contribution >= 4 is 5.78 Å². The largest absolute Gasteiger partial charge is 0.417 e. The first-order valence-corrected chi connectivity index (χ1v) is 5.05. The SMILES string of the molecule is CCOC(C)C(=O)c1cnccc1C(F)(F)F. The van der Waals surface area contributed by atoms with Crippen LogP contribution in [0.3, 0.4) is 0 Å². The van der Waals surface area contributed by atoms with Crippen LogP contribution in [0, 0.1) is 0 Å². The van der Waals surface area contributed by atoms with E-state index < -0.39 is 29.2 Å². The van der Waals surface area contributed by atoms with E-state index >= 15 is 0 Å². The normalized spacial score (nSPS) is 13.5. The molecular weight excluding hydrogens is 235 g/mol. The van der Waals surface area contributed by atoms with Gasteiger partial charge in [-0.25, -0.2) is 0 Å². The van der Waals surface area contributed by atoms with Gasteiger partial charge in [0, 0.05) is 19.0 Å². The monoisotopic (exact) mass is 247 g/mol. The summed E-state index contributed by atoms with van der Waals surface area (Å²) in [5.41, 5.74) is -1.44. The highest BCUT2D eigenvalue weighted by atomic mass is 19.4. The lowest BCUT2D eigenvalue weighted by molar-refractivity contribution is -0.138. The van der Waals surface area contributed by atoms with Crippen molar-refractivity contribution in [3.63, 3.8) is 0 Å². The molecule has 1 aromatic heterocycles. The number of hydrogen-bond donors (Lipinski definition) is 0. The number of carbonyl (C=O) groups is 1. The van der Waals surface area contributed by atoms with Gasteiger partial charge in [0.05, 0.1) is 11.1 Å². The van der Waals surface area contributed by atoms with Gasteiger partial charge in [0.15, 0.2) is 5.78 Å². The first-order chi connectivity index (χ1) is 7.88. The molecule has 0 aliphatic carbocycles. The molecule has 0 aliphatic rings. The van der Waals surface area contributed by atoms with Crippen molar-refractivity contribution in [2.45, 2.75) is 26.1 Å². The fourth-order valence-electron chi connectivity index (χ4n) is 1.38. The minimum Gasteiger partial charge on any atom is -0.371 e. The van der Waals surface area contributed by atoms with Crippen LogP contribution in [0.15, 0.2) is 18.5 Å². The molecular formula is C11H12F3NO2. The van der Waals surface area contributed by atoms with Crippen LogP contribution in [-0.2, 0) is 10.9 Å². The third-order valence-electron chi connectivity index (χ3n) is 2.18. The van der Waals surface area contributed by atoms with E-state index in [9.17, 15) is 18.0 Å². The summed E-state index contributed by atoms with van der Waals surface area (Å²) in [4.78, 5) is 15.3. The molecule has 0 aliphatic heterocycles. The van der Waals surface area contributed by atoms with E-state index in [0.29, 0.717) is 0 Å². The third kappa shape index (κ3) is 3.26. The van der Waals surface area contributed by atoms with Crippen LogP contribution >= 0.6 is 0 Å². The van der Waals surface area contributed by atoms with Crippen LogP contribution in [0.5, 0.6) is 0 Å². The van der Waals surface area contributed by atoms with Crippen molar-refractivity contribution in [3.05, 3.63) is 29.6 Å². The summed E-state index contributed by atoms with van der Waals surface area (Å²) in [5.74, 6) is -0.715. The van der Waals surface area contributed by atoms with Gasteiger partial charge in [0.25, 0.3) is 0 Å². The third-order valence-corrected chi connectivity index (χ3v) is 2.18. The lowest BCUT2D eigenvalue weighted by atomic mass is 10.0. The predicted octanol–water partition coefficient (Wildman–Crippen LogP) is 2.71. The summed E-state index contributed by atoms with van der Waals surface area (Å²) in [6.07, 6.45) is -3.56. The number of rotatable bonds is 4. The Morgan fingerprint density at radius 2 is 2.18 bits per heavy atom. The van der Waals surface area contributed by atoms with Gasteiger partial charge in [-0.1, -0.05) is 0 Å². The number of hydrogen-bond acceptors (Lipinski definition) is 3. The van der Waals surface area contributed by atoms with Crippen molar-refractivity contribution in [1.29, 1.82) is 0 Å². The zero-order valence-electron chi connectivity index (χ0n) is 9.41. The molecule has 1 heterocycles. The molecule has 0 spiro atoms. The van der Waals surface area contributed by atoms with Crippen molar-refractivity contribution in [2.24, 2.45) is 0 Å². The molecule has 17 heavy (non-hydrogen) atoms. The van der Waals surface area contributed by atoms with E-state index in [1.54, 1.807) is 6.92 Å². The second-order valence-electron chi connectivity index (χ2n) is 3.38. The molecule has 0 amide bonds. The lowest BCUT2D eigenvalue weighted by Crippen LogP contribution is -2.24. The van der Waals surface area contributed by atoms with E-state index in [1.807, 2.05) is 0 Å². The summed E-state index contributed by atoms with van der Waals surface area (Å²) in [7, 11) is 0. The van der Waals surface area contributed by atoms with Crippen molar-refractivity contribution in [2.75, 3.05) is 6.61 Å². The predicted molar refractivity (Wildman–Crippen MR) is 54.7 cm³/mol. The number of ether oxygens (including phenoxy) is 1. The fourth-order valence-corrected chi connectivity index (χ4v) is 1.38. The number of alkyl halides is 3. The maximum absolute atomic E-state index is 12.6. The molecule has 1 rings (SSSR count). The summed E-state index contributed by atoms with van der Waals surface area (Å²) in [6.45, 7) is 3.34. The molecule has 1 unspecified atom stereocenters. The second-order valence-corrected chi connectivity index (χ2v) is 3.38. The molecule has 0 fully saturated rings. The summed E-state index contributed by atoms with van der Waals surface area (Å²) in [5, 5.41) is 0. The van der Waals surface area contributed by atoms with Crippen LogP contribution in [0.1, 0.15) is 29.8 Å². The molecule has 0 radical (unpaired) electrons. The highest BCUT2D eigenvalue weighted by Crippen LogP contribution is 2.32. The van der Waals surface area contributed by atoms with Crippen LogP contribution < -0.4 is 0 Å². The number of ketones is 1. The van der Waals surface area contributed by atoms with E-state index in [1.165, 1.54) is 6.92 Å². The molecule has 0 aromatic carbocycles. The average molecular weight is 247 g/mol. The topological polar surface area (TPSA) is 39.2 Å². The Morgan fingerprint density at radius 3 is 2.71 bits per heavy atom. The first kappa shape index (κ1) is 13.6. The number of Topliss-reactive ketones (excluding diaryl/α,β-unsaturated/α-hetero) is 1. The Balaban J connectivity index is 3.10. The molecule has 0 bridgehead atoms. The summed E-state index contributed by atoms with van der Waals surface area (Å²) in [6, 6.07) is 0.784. The fraction of sp³-hybridized carbons (Fsp3) is 0.455. The number of pyridine rings is 1. The minimum absolute atomic E-state index is 0.258. The van der Waals surface area contributed by atoms with Crippen molar-refractivity contribution < 1.29 is 22.7 Å². The Labute approximate surface area is 96.6 Å². The van der Waals surface area contributed by atoms with Gasteiger partial charge in [-0.15, -0.1) is 0 Å². The molecule has 3 nitrogen and oxygen atoms in total. The molecule has 0 saturated carbocycles. The van der Waals surface area contributed by atoms with Crippen LogP contribution in [-0.4, -0.2) is 23.5 Å². The van der Waals surface area contributed by atoms with E-state index in [4.69, 9.17) is 4.74 Å². The number of aromatic nitrogens is 1. The van der Waals surface area contributed by atoms with Gasteiger partial charge in [0.1, 0.15) is 6.10 Å². The molecule has 94 valence electrons. The number of nitrogens with zero attached hydrogens (tertiary/aromatic N) is 1. The Morgan fingerprint density at radius 1 is 1.53 bits per heavy atom. The summed E-state index contributed by atoms with van der Waals surface area (Å²) >= 11 is 0. The standard InChI is InChI=1S/C11H12F3NO2/c1-3-17-7(2)10(16)8-6-15-5-4-9(8)11(12,13)14/h4-7H,3H2,1-2H3. The van der Waals surface area contributed by atoms with Crippen LogP contribution in [0.25, 0.3) is 0 Å². The van der Waals surface area contributed by atoms with Gasteiger partial charge < -0.3 is 4.74 Å². The van der Waals surface area contributed by atoms with Gasteiger partial charge in [-0.3, -0.25) is 9.78 Å². The average Bonchev–Trinajstić information content (AvgIpc) is 2.27. The van der Waals surface area contributed by atoms with Gasteiger partial charge in [0.2, 0.25) is 0 Å². The number of carbonyl (C=O) groups excluding carboxylic acids is 1. The quantitative estimate of drug-likeness (QED) is 0.768. The van der Waals surface area contributed by atoms with Crippen LogP contribution in [0.2, 0.25) is 0 Å². The molecule has 1 atom stereocenters. The Bertz CT molecular complexity index is 404. The Kier molecular flexibility index (Phi) is 4.22. The van der Waals surface area contributed by atoms with E-state index in [0.717, 1.165) is 18.5 Å². The van der Waals surface area contributed by atoms with Gasteiger partial charge in [-0.2, -0.15) is 13.2 Å². The zero-order chi connectivity index (χ0) is 13.1. The maximum Gasteiger partial charge on any atom is 0.417 e. The second kappa shape index (κ2) is 5.27. The maximum atomic E-state index is 12.6. The van der Waals surface area contributed by atoms with E-state index in [-0.39, 0.29) is 6.61 Å². The van der Waals surface area contributed by atoms with Gasteiger partial charge >= 0.3 is 6.18 Å². The van der Waals surface area contributed by atoms with Crippen molar-refractivity contribution in [1.82, 2.24) is 4.98 Å². The smallest absolute Gasteiger partial charge is 0.371 e. The molecule has 0 saturated heterocycles. The summed E-state index contributed by atoms with van der Waals surface area (Å²) < 4.78 is 42.9. The molecule has 0 N–H and O–H groups in total. The number of halogens is 3. The van der Waals surface area contributed by atoms with Crippen LogP contribution in [0.4, 0.5) is 13.2 Å². The Hall–Kier alpha value is -1.43. The zero-order valence-corrected chi connectivity index (χ0v) is 9.41. The highest BCUT2D eigenvalue weighted by Gasteiger charge is 2.36. The van der Waals surface area contributed by atoms with E-state index in [2.05, 4.69) is 4.98 Å². The first-order valence-electron chi connectivity index (χ1n) is 5.05. The van der Waals surface area contributed by atoms with Crippen molar-refractivity contribution in [3.8, 4) is 0 Å². The lowest BCUT2D eigenvalue weighted by Gasteiger charge is -2.14. The van der Waals surface area contributed by atoms with Gasteiger partial charge in [-0.05, 0) is 19.9 Å².